The second-order valence-electron chi connectivity index (χ2n) is 6.90. The van der Waals surface area contributed by atoms with Crippen molar-refractivity contribution in [1.82, 2.24) is 25.0 Å². The number of cyclic esters (lactones) is 1. The van der Waals surface area contributed by atoms with Gasteiger partial charge >= 0.3 is 12.0 Å². The van der Waals surface area contributed by atoms with Crippen molar-refractivity contribution in [2.45, 2.75) is 32.5 Å². The summed E-state index contributed by atoms with van der Waals surface area (Å²) in [5.74, 6) is 0.778. The van der Waals surface area contributed by atoms with Gasteiger partial charge in [0.1, 0.15) is 18.7 Å². The highest BCUT2D eigenvalue weighted by Crippen LogP contribution is 2.38. The van der Waals surface area contributed by atoms with E-state index in [1.165, 1.54) is 4.90 Å². The molecule has 3 heterocycles. The molecule has 2 aromatic rings. The lowest BCUT2D eigenvalue weighted by molar-refractivity contribution is -0.136. The first-order valence-corrected chi connectivity index (χ1v) is 9.00. The molecule has 1 atom stereocenters. The van der Waals surface area contributed by atoms with E-state index in [1.54, 1.807) is 19.5 Å². The third-order valence-electron chi connectivity index (χ3n) is 4.95. The zero-order valence-electron chi connectivity index (χ0n) is 15.9. The second-order valence-corrected chi connectivity index (χ2v) is 6.90. The molecule has 1 aromatic heterocycles. The van der Waals surface area contributed by atoms with E-state index < -0.39 is 12.0 Å². The fraction of sp³-hybridized carbons (Fsp3) is 0.368. The van der Waals surface area contributed by atoms with E-state index >= 15 is 0 Å². The number of nitrogens with one attached hydrogen (secondary N) is 1. The first kappa shape index (κ1) is 18.0. The van der Waals surface area contributed by atoms with E-state index in [1.807, 2.05) is 36.6 Å². The summed E-state index contributed by atoms with van der Waals surface area (Å²) in [5.41, 5.74) is 1.66. The molecule has 0 aliphatic carbocycles. The molecule has 2 aliphatic heterocycles. The van der Waals surface area contributed by atoms with Crippen molar-refractivity contribution >= 4 is 12.0 Å². The minimum Gasteiger partial charge on any atom is -0.496 e. The van der Waals surface area contributed by atoms with E-state index in [9.17, 15) is 9.59 Å². The maximum atomic E-state index is 12.9. The summed E-state index contributed by atoms with van der Waals surface area (Å²) in [4.78, 5) is 26.9. The van der Waals surface area contributed by atoms with E-state index in [0.29, 0.717) is 28.4 Å². The van der Waals surface area contributed by atoms with Crippen LogP contribution in [0.3, 0.4) is 0 Å². The number of ether oxygens (including phenoxy) is 2. The predicted molar refractivity (Wildman–Crippen MR) is 98.2 cm³/mol. The first-order valence-electron chi connectivity index (χ1n) is 9.00. The number of hydrogen-bond donors (Lipinski definition) is 1. The van der Waals surface area contributed by atoms with Crippen LogP contribution in [0.15, 0.2) is 41.9 Å². The van der Waals surface area contributed by atoms with Gasteiger partial charge in [0, 0.05) is 11.6 Å². The van der Waals surface area contributed by atoms with Gasteiger partial charge < -0.3 is 19.4 Å². The molecule has 0 fully saturated rings. The van der Waals surface area contributed by atoms with Crippen LogP contribution >= 0.6 is 0 Å². The molecule has 0 radical (unpaired) electrons. The molecule has 146 valence electrons. The van der Waals surface area contributed by atoms with Gasteiger partial charge in [-0.15, -0.1) is 10.2 Å². The number of esters is 1. The molecular weight excluding hydrogens is 362 g/mol. The Kier molecular flexibility index (Phi) is 4.50. The Morgan fingerprint density at radius 2 is 2.11 bits per heavy atom. The molecule has 28 heavy (non-hydrogen) atoms. The lowest BCUT2D eigenvalue weighted by Crippen LogP contribution is -2.47. The summed E-state index contributed by atoms with van der Waals surface area (Å²) in [6.45, 7) is 4.25. The summed E-state index contributed by atoms with van der Waals surface area (Å²) >= 11 is 0. The number of nitrogens with zero attached hydrogens (tertiary/aromatic N) is 4. The Balaban J connectivity index is 1.75. The zero-order valence-corrected chi connectivity index (χ0v) is 15.9. The maximum absolute atomic E-state index is 12.9. The number of amides is 2. The van der Waals surface area contributed by atoms with Crippen LogP contribution in [-0.4, -0.2) is 45.4 Å². The first-order chi connectivity index (χ1) is 13.5. The lowest BCUT2D eigenvalue weighted by atomic mass is 9.95. The summed E-state index contributed by atoms with van der Waals surface area (Å²) in [6, 6.07) is 6.47. The van der Waals surface area contributed by atoms with Gasteiger partial charge in [-0.1, -0.05) is 18.2 Å². The van der Waals surface area contributed by atoms with Crippen molar-refractivity contribution in [1.29, 1.82) is 0 Å². The van der Waals surface area contributed by atoms with Crippen LogP contribution in [0.1, 0.15) is 37.3 Å². The number of carbonyl (C=O) groups excluding carboxylic acids is 2. The fourth-order valence-corrected chi connectivity index (χ4v) is 3.57. The van der Waals surface area contributed by atoms with Crippen LogP contribution in [-0.2, 0) is 16.1 Å². The lowest BCUT2D eigenvalue weighted by Gasteiger charge is -2.33. The van der Waals surface area contributed by atoms with Gasteiger partial charge in [-0.05, 0) is 19.9 Å². The van der Waals surface area contributed by atoms with Gasteiger partial charge in [-0.3, -0.25) is 4.90 Å². The molecule has 0 saturated heterocycles. The normalized spacial score (nSPS) is 19.0. The number of benzene rings is 1. The standard InChI is InChI=1S/C19H21N5O4/c1-11(2)24-10-20-22-15(24)8-23-13-9-28-18(25)16(13)17(21-19(23)26)12-6-4-5-7-14(12)27-3/h4-7,10-11,17H,8-9H2,1-3H3,(H,21,26)/t17-/m0/s1. The highest BCUT2D eigenvalue weighted by atomic mass is 16.5. The highest BCUT2D eigenvalue weighted by molar-refractivity contribution is 5.97. The minimum atomic E-state index is -0.632. The third kappa shape index (κ3) is 2.88. The molecule has 0 saturated carbocycles. The van der Waals surface area contributed by atoms with Crippen molar-refractivity contribution in [2.75, 3.05) is 13.7 Å². The van der Waals surface area contributed by atoms with Crippen LogP contribution in [0.25, 0.3) is 0 Å². The SMILES string of the molecule is COc1ccccc1[C@@H]1NC(=O)N(Cc2nncn2C(C)C)C2=C1C(=O)OC2. The van der Waals surface area contributed by atoms with Crippen LogP contribution in [0, 0.1) is 0 Å². The molecule has 0 bridgehead atoms. The molecule has 2 amide bonds. The largest absolute Gasteiger partial charge is 0.496 e. The van der Waals surface area contributed by atoms with Gasteiger partial charge in [-0.25, -0.2) is 9.59 Å². The molecule has 4 rings (SSSR count). The van der Waals surface area contributed by atoms with Crippen molar-refractivity contribution in [3.63, 3.8) is 0 Å². The van der Waals surface area contributed by atoms with Gasteiger partial charge in [0.25, 0.3) is 0 Å². The summed E-state index contributed by atoms with van der Waals surface area (Å²) < 4.78 is 12.6. The Hall–Kier alpha value is -3.36. The summed E-state index contributed by atoms with van der Waals surface area (Å²) in [5, 5.41) is 11.0. The quantitative estimate of drug-likeness (QED) is 0.793. The molecule has 0 unspecified atom stereocenters. The Morgan fingerprint density at radius 1 is 1.32 bits per heavy atom. The van der Waals surface area contributed by atoms with Crippen molar-refractivity contribution in [2.24, 2.45) is 0 Å². The zero-order chi connectivity index (χ0) is 19.8. The third-order valence-corrected chi connectivity index (χ3v) is 4.95. The van der Waals surface area contributed by atoms with Gasteiger partial charge in [0.15, 0.2) is 5.82 Å². The number of urea groups is 1. The summed E-state index contributed by atoms with van der Waals surface area (Å²) in [6.07, 6.45) is 1.63. The monoisotopic (exact) mass is 383 g/mol. The molecule has 1 aromatic carbocycles. The van der Waals surface area contributed by atoms with E-state index in [0.717, 1.165) is 0 Å². The number of rotatable bonds is 5. The predicted octanol–water partition coefficient (Wildman–Crippen LogP) is 1.94. The van der Waals surface area contributed by atoms with Gasteiger partial charge in [-0.2, -0.15) is 0 Å². The number of methoxy groups -OCH3 is 1. The molecule has 9 heteroatoms. The average Bonchev–Trinajstić information content (AvgIpc) is 3.31. The van der Waals surface area contributed by atoms with Crippen molar-refractivity contribution in [3.8, 4) is 5.75 Å². The second kappa shape index (κ2) is 6.99. The minimum absolute atomic E-state index is 0.0447. The number of hydrogen-bond acceptors (Lipinski definition) is 6. The van der Waals surface area contributed by atoms with Crippen LogP contribution in [0.2, 0.25) is 0 Å². The van der Waals surface area contributed by atoms with E-state index in [-0.39, 0.29) is 25.2 Å². The number of para-hydroxylation sites is 1. The van der Waals surface area contributed by atoms with Gasteiger partial charge in [0.05, 0.1) is 31.0 Å². The van der Waals surface area contributed by atoms with E-state index in [4.69, 9.17) is 9.47 Å². The maximum Gasteiger partial charge on any atom is 0.338 e. The highest BCUT2D eigenvalue weighted by Gasteiger charge is 2.43. The summed E-state index contributed by atoms with van der Waals surface area (Å²) in [7, 11) is 1.55. The number of carbonyl (C=O) groups is 2. The average molecular weight is 383 g/mol. The van der Waals surface area contributed by atoms with Crippen molar-refractivity contribution in [3.05, 3.63) is 53.3 Å². The Morgan fingerprint density at radius 3 is 2.86 bits per heavy atom. The molecule has 9 nitrogen and oxygen atoms in total. The van der Waals surface area contributed by atoms with E-state index in [2.05, 4.69) is 15.5 Å². The van der Waals surface area contributed by atoms with Gasteiger partial charge in [0.2, 0.25) is 0 Å². The van der Waals surface area contributed by atoms with Crippen LogP contribution in [0.4, 0.5) is 4.79 Å². The molecular formula is C19H21N5O4. The van der Waals surface area contributed by atoms with Crippen LogP contribution in [0.5, 0.6) is 5.75 Å². The van der Waals surface area contributed by atoms with Crippen molar-refractivity contribution < 1.29 is 19.1 Å². The smallest absolute Gasteiger partial charge is 0.338 e. The number of aromatic nitrogens is 3. The Labute approximate surface area is 161 Å². The molecule has 0 spiro atoms. The molecule has 2 aliphatic rings. The van der Waals surface area contributed by atoms with Crippen LogP contribution < -0.4 is 10.1 Å². The Bertz CT molecular complexity index is 965. The fourth-order valence-electron chi connectivity index (χ4n) is 3.57. The molecule has 1 N–H and O–H groups in total. The topological polar surface area (TPSA) is 98.6 Å².